The van der Waals surface area contributed by atoms with Crippen LogP contribution in [0, 0.1) is 6.92 Å². The van der Waals surface area contributed by atoms with Crippen molar-refractivity contribution in [1.82, 2.24) is 24.7 Å². The molecule has 2 fully saturated rings. The van der Waals surface area contributed by atoms with Gasteiger partial charge in [-0.05, 0) is 69.0 Å². The highest BCUT2D eigenvalue weighted by atomic mass is 16.5. The van der Waals surface area contributed by atoms with E-state index in [-0.39, 0.29) is 0 Å². The summed E-state index contributed by atoms with van der Waals surface area (Å²) in [5, 5.41) is 12.8. The van der Waals surface area contributed by atoms with Crippen molar-refractivity contribution in [3.05, 3.63) is 42.2 Å². The molecule has 3 heterocycles. The molecule has 0 spiro atoms. The van der Waals surface area contributed by atoms with Crippen LogP contribution >= 0.6 is 0 Å². The largest absolute Gasteiger partial charge is 0.490 e. The number of rotatable bonds is 4. The first-order valence-corrected chi connectivity index (χ1v) is 9.96. The van der Waals surface area contributed by atoms with Gasteiger partial charge in [-0.25, -0.2) is 0 Å². The van der Waals surface area contributed by atoms with Crippen LogP contribution in [0.25, 0.3) is 16.9 Å². The van der Waals surface area contributed by atoms with Crippen LogP contribution in [0.2, 0.25) is 0 Å². The Labute approximate surface area is 159 Å². The molecule has 2 aromatic heterocycles. The summed E-state index contributed by atoms with van der Waals surface area (Å²) in [7, 11) is 0. The molecule has 0 radical (unpaired) electrons. The predicted molar refractivity (Wildman–Crippen MR) is 104 cm³/mol. The maximum absolute atomic E-state index is 6.23. The molecule has 0 atom stereocenters. The number of piperidine rings is 1. The van der Waals surface area contributed by atoms with E-state index in [4.69, 9.17) is 4.74 Å². The van der Waals surface area contributed by atoms with Crippen LogP contribution in [0.3, 0.4) is 0 Å². The van der Waals surface area contributed by atoms with Gasteiger partial charge in [0.1, 0.15) is 11.9 Å². The Morgan fingerprint density at radius 2 is 1.70 bits per heavy atom. The molecule has 0 bridgehead atoms. The maximum Gasteiger partial charge on any atom is 0.177 e. The van der Waals surface area contributed by atoms with Gasteiger partial charge in [0, 0.05) is 24.7 Å². The van der Waals surface area contributed by atoms with E-state index in [0.29, 0.717) is 6.10 Å². The van der Waals surface area contributed by atoms with E-state index in [0.717, 1.165) is 47.4 Å². The number of likely N-dealkylation sites (tertiary alicyclic amines) is 1. The number of benzene rings is 1. The normalized spacial score (nSPS) is 19.3. The van der Waals surface area contributed by atoms with Crippen molar-refractivity contribution in [2.75, 3.05) is 13.1 Å². The van der Waals surface area contributed by atoms with Crippen molar-refractivity contribution >= 4 is 5.65 Å². The minimum Gasteiger partial charge on any atom is -0.490 e. The van der Waals surface area contributed by atoms with E-state index in [1.54, 1.807) is 4.52 Å². The van der Waals surface area contributed by atoms with Crippen molar-refractivity contribution < 1.29 is 4.74 Å². The highest BCUT2D eigenvalue weighted by molar-refractivity contribution is 5.61. The third kappa shape index (κ3) is 3.30. The van der Waals surface area contributed by atoms with E-state index in [2.05, 4.69) is 44.5 Å². The van der Waals surface area contributed by atoms with E-state index >= 15 is 0 Å². The van der Waals surface area contributed by atoms with Crippen LogP contribution < -0.4 is 4.74 Å². The van der Waals surface area contributed by atoms with Gasteiger partial charge in [-0.1, -0.05) is 6.42 Å². The second-order valence-corrected chi connectivity index (χ2v) is 7.70. The third-order valence-electron chi connectivity index (χ3n) is 5.94. The first kappa shape index (κ1) is 16.7. The number of nitrogens with zero attached hydrogens (tertiary/aromatic N) is 5. The van der Waals surface area contributed by atoms with Crippen LogP contribution in [0.5, 0.6) is 5.75 Å². The highest BCUT2D eigenvalue weighted by Gasteiger charge is 2.29. The van der Waals surface area contributed by atoms with Gasteiger partial charge in [0.2, 0.25) is 0 Å². The van der Waals surface area contributed by atoms with Crippen LogP contribution in [-0.4, -0.2) is 49.9 Å². The van der Waals surface area contributed by atoms with E-state index in [1.165, 1.54) is 32.4 Å². The monoisotopic (exact) mass is 363 g/mol. The van der Waals surface area contributed by atoms with Gasteiger partial charge in [0.25, 0.3) is 0 Å². The van der Waals surface area contributed by atoms with E-state index in [1.807, 2.05) is 19.1 Å². The van der Waals surface area contributed by atoms with Gasteiger partial charge in [0.15, 0.2) is 11.5 Å². The standard InChI is InChI=1S/C21H25N5O/c1-15-22-23-21-10-9-20(24-26(15)21)16-5-7-18(8-6-16)27-19-11-13-25(14-12-19)17-3-2-4-17/h5-10,17,19H,2-4,11-14H2,1H3. The molecule has 1 saturated carbocycles. The minimum absolute atomic E-state index is 0.335. The quantitative estimate of drug-likeness (QED) is 0.710. The fraction of sp³-hybridized carbons (Fsp3) is 0.476. The summed E-state index contributed by atoms with van der Waals surface area (Å²) in [5.41, 5.74) is 2.74. The molecule has 1 aliphatic carbocycles. The zero-order valence-electron chi connectivity index (χ0n) is 15.7. The molecule has 2 aliphatic rings. The molecule has 1 aliphatic heterocycles. The number of aryl methyl sites for hydroxylation is 1. The van der Waals surface area contributed by atoms with Crippen molar-refractivity contribution in [3.8, 4) is 17.0 Å². The Kier molecular flexibility index (Phi) is 4.28. The number of ether oxygens (including phenoxy) is 1. The molecule has 1 aromatic carbocycles. The van der Waals surface area contributed by atoms with Gasteiger partial charge < -0.3 is 9.64 Å². The summed E-state index contributed by atoms with van der Waals surface area (Å²) >= 11 is 0. The zero-order chi connectivity index (χ0) is 18.2. The Bertz CT molecular complexity index is 923. The molecular weight excluding hydrogens is 338 g/mol. The Morgan fingerprint density at radius 3 is 2.41 bits per heavy atom. The first-order chi connectivity index (χ1) is 13.3. The molecule has 140 valence electrons. The molecule has 0 amide bonds. The summed E-state index contributed by atoms with van der Waals surface area (Å²) in [6, 6.07) is 13.0. The summed E-state index contributed by atoms with van der Waals surface area (Å²) in [6.45, 7) is 4.26. The molecule has 0 N–H and O–H groups in total. The van der Waals surface area contributed by atoms with Gasteiger partial charge >= 0.3 is 0 Å². The third-order valence-corrected chi connectivity index (χ3v) is 5.94. The zero-order valence-corrected chi connectivity index (χ0v) is 15.7. The van der Waals surface area contributed by atoms with Crippen LogP contribution in [-0.2, 0) is 0 Å². The van der Waals surface area contributed by atoms with Gasteiger partial charge in [-0.3, -0.25) is 0 Å². The minimum atomic E-state index is 0.335. The SMILES string of the molecule is Cc1nnc2ccc(-c3ccc(OC4CCN(C5CCC5)CC4)cc3)nn12. The number of aromatic nitrogens is 4. The van der Waals surface area contributed by atoms with E-state index in [9.17, 15) is 0 Å². The lowest BCUT2D eigenvalue weighted by atomic mass is 9.90. The average Bonchev–Trinajstić information content (AvgIpc) is 3.03. The molecule has 6 heteroatoms. The summed E-state index contributed by atoms with van der Waals surface area (Å²) in [6.07, 6.45) is 6.78. The van der Waals surface area contributed by atoms with Crippen LogP contribution in [0.15, 0.2) is 36.4 Å². The lowest BCUT2D eigenvalue weighted by Crippen LogP contribution is -2.46. The lowest BCUT2D eigenvalue weighted by molar-refractivity contribution is 0.0493. The summed E-state index contributed by atoms with van der Waals surface area (Å²) < 4.78 is 8.00. The molecule has 1 saturated heterocycles. The Balaban J connectivity index is 1.24. The highest BCUT2D eigenvalue weighted by Crippen LogP contribution is 2.29. The summed E-state index contributed by atoms with van der Waals surface area (Å²) in [4.78, 5) is 2.65. The topological polar surface area (TPSA) is 55.6 Å². The van der Waals surface area contributed by atoms with Crippen molar-refractivity contribution in [2.24, 2.45) is 0 Å². The smallest absolute Gasteiger partial charge is 0.177 e. The molecule has 0 unspecified atom stereocenters. The fourth-order valence-electron chi connectivity index (χ4n) is 4.06. The van der Waals surface area contributed by atoms with Crippen LogP contribution in [0.1, 0.15) is 37.9 Å². The second-order valence-electron chi connectivity index (χ2n) is 7.70. The maximum atomic E-state index is 6.23. The molecule has 6 nitrogen and oxygen atoms in total. The van der Waals surface area contributed by atoms with Crippen molar-refractivity contribution in [2.45, 2.75) is 51.2 Å². The summed E-state index contributed by atoms with van der Waals surface area (Å²) in [5.74, 6) is 1.74. The van der Waals surface area contributed by atoms with Gasteiger partial charge in [-0.2, -0.15) is 9.61 Å². The number of hydrogen-bond donors (Lipinski definition) is 0. The van der Waals surface area contributed by atoms with Gasteiger partial charge in [-0.15, -0.1) is 10.2 Å². The van der Waals surface area contributed by atoms with Gasteiger partial charge in [0.05, 0.1) is 5.69 Å². The second kappa shape index (κ2) is 6.93. The molecule has 27 heavy (non-hydrogen) atoms. The molecule has 3 aromatic rings. The van der Waals surface area contributed by atoms with Crippen molar-refractivity contribution in [3.63, 3.8) is 0 Å². The molecule has 5 rings (SSSR count). The fourth-order valence-corrected chi connectivity index (χ4v) is 4.06. The molecular formula is C21H25N5O. The Hall–Kier alpha value is -2.47. The first-order valence-electron chi connectivity index (χ1n) is 9.96. The Morgan fingerprint density at radius 1 is 0.926 bits per heavy atom. The number of hydrogen-bond acceptors (Lipinski definition) is 5. The lowest BCUT2D eigenvalue weighted by Gasteiger charge is -2.41. The van der Waals surface area contributed by atoms with Crippen LogP contribution in [0.4, 0.5) is 0 Å². The predicted octanol–water partition coefficient (Wildman–Crippen LogP) is 3.50. The van der Waals surface area contributed by atoms with Crippen molar-refractivity contribution in [1.29, 1.82) is 0 Å². The van der Waals surface area contributed by atoms with E-state index < -0.39 is 0 Å². The number of fused-ring (bicyclic) bond motifs is 1. The average molecular weight is 363 g/mol.